The number of allylic oxidation sites excluding steroid dienone is 2. The van der Waals surface area contributed by atoms with Crippen LogP contribution in [0.15, 0.2) is 35.4 Å². The van der Waals surface area contributed by atoms with E-state index in [-0.39, 0.29) is 5.91 Å². The Hall–Kier alpha value is -2.10. The van der Waals surface area contributed by atoms with E-state index in [1.165, 1.54) is 0 Å². The largest absolute Gasteiger partial charge is 0.481 e. The highest BCUT2D eigenvalue weighted by atomic mass is 16.4. The van der Waals surface area contributed by atoms with E-state index in [9.17, 15) is 14.7 Å². The molecule has 2 N–H and O–H groups in total. The van der Waals surface area contributed by atoms with Crippen molar-refractivity contribution in [2.45, 2.75) is 33.6 Å². The molecule has 4 heteroatoms. The van der Waals surface area contributed by atoms with Gasteiger partial charge in [0, 0.05) is 5.69 Å². The lowest BCUT2D eigenvalue weighted by atomic mass is 9.76. The van der Waals surface area contributed by atoms with Crippen molar-refractivity contribution < 1.29 is 14.7 Å². The first kappa shape index (κ1) is 15.3. The first-order valence-electron chi connectivity index (χ1n) is 7.14. The van der Waals surface area contributed by atoms with E-state index in [0.717, 1.165) is 22.4 Å². The normalized spacial score (nSPS) is 22.0. The maximum atomic E-state index is 12.5. The molecule has 2 unspecified atom stereocenters. The number of amides is 1. The molecule has 1 aromatic rings. The highest BCUT2D eigenvalue weighted by Gasteiger charge is 2.37. The molecule has 0 saturated heterocycles. The zero-order valence-electron chi connectivity index (χ0n) is 12.6. The summed E-state index contributed by atoms with van der Waals surface area (Å²) in [7, 11) is 0. The van der Waals surface area contributed by atoms with Crippen LogP contribution in [0.1, 0.15) is 32.3 Å². The Morgan fingerprint density at radius 3 is 2.19 bits per heavy atom. The first-order valence-corrected chi connectivity index (χ1v) is 7.14. The number of nitrogens with one attached hydrogen (secondary N) is 1. The lowest BCUT2D eigenvalue weighted by Crippen LogP contribution is -2.36. The van der Waals surface area contributed by atoms with Crippen molar-refractivity contribution in [1.29, 1.82) is 0 Å². The fourth-order valence-electron chi connectivity index (χ4n) is 2.77. The van der Waals surface area contributed by atoms with Crippen LogP contribution in [-0.2, 0) is 9.59 Å². The molecule has 4 nitrogen and oxygen atoms in total. The second-order valence-corrected chi connectivity index (χ2v) is 5.82. The molecule has 1 amide bonds. The Balaban J connectivity index is 2.21. The molecule has 0 bridgehead atoms. The summed E-state index contributed by atoms with van der Waals surface area (Å²) in [5.74, 6) is -2.25. The van der Waals surface area contributed by atoms with Gasteiger partial charge in [-0.25, -0.2) is 0 Å². The number of hydrogen-bond acceptors (Lipinski definition) is 2. The van der Waals surface area contributed by atoms with E-state index < -0.39 is 17.8 Å². The maximum absolute atomic E-state index is 12.5. The second kappa shape index (κ2) is 6.12. The summed E-state index contributed by atoms with van der Waals surface area (Å²) in [4.78, 5) is 23.9. The molecule has 0 spiro atoms. The Kier molecular flexibility index (Phi) is 4.46. The molecule has 2 atom stereocenters. The molecule has 1 aliphatic rings. The van der Waals surface area contributed by atoms with Crippen molar-refractivity contribution in [1.82, 2.24) is 0 Å². The Morgan fingerprint density at radius 2 is 1.62 bits per heavy atom. The zero-order chi connectivity index (χ0) is 15.6. The number of hydrogen-bond donors (Lipinski definition) is 2. The predicted molar refractivity (Wildman–Crippen MR) is 82.0 cm³/mol. The highest BCUT2D eigenvalue weighted by molar-refractivity contribution is 5.96. The molecule has 112 valence electrons. The number of anilines is 1. The quantitative estimate of drug-likeness (QED) is 0.837. The minimum Gasteiger partial charge on any atom is -0.481 e. The zero-order valence-corrected chi connectivity index (χ0v) is 12.6. The standard InChI is InChI=1S/C17H21NO3/c1-10-6-4-5-7-15(10)18-16(19)13-8-11(2)12(3)9-14(13)17(20)21/h4-7,13-14H,8-9H2,1-3H3,(H,18,19)(H,20,21). The van der Waals surface area contributed by atoms with Crippen LogP contribution in [-0.4, -0.2) is 17.0 Å². The Labute approximate surface area is 124 Å². The van der Waals surface area contributed by atoms with Gasteiger partial charge in [0.1, 0.15) is 0 Å². The van der Waals surface area contributed by atoms with Crippen molar-refractivity contribution in [3.8, 4) is 0 Å². The van der Waals surface area contributed by atoms with Gasteiger partial charge in [0.25, 0.3) is 0 Å². The van der Waals surface area contributed by atoms with Crippen molar-refractivity contribution in [2.24, 2.45) is 11.8 Å². The van der Waals surface area contributed by atoms with Crippen LogP contribution < -0.4 is 5.32 Å². The summed E-state index contributed by atoms with van der Waals surface area (Å²) in [5, 5.41) is 12.3. The predicted octanol–water partition coefficient (Wildman–Crippen LogP) is 3.38. The molecule has 0 radical (unpaired) electrons. The van der Waals surface area contributed by atoms with E-state index in [2.05, 4.69) is 5.32 Å². The van der Waals surface area contributed by atoms with Crippen LogP contribution in [0.4, 0.5) is 5.69 Å². The van der Waals surface area contributed by atoms with Gasteiger partial charge < -0.3 is 10.4 Å². The van der Waals surface area contributed by atoms with Crippen LogP contribution >= 0.6 is 0 Å². The molecule has 21 heavy (non-hydrogen) atoms. The molecule has 1 aliphatic carbocycles. The molecular weight excluding hydrogens is 266 g/mol. The third kappa shape index (κ3) is 3.32. The fraction of sp³-hybridized carbons (Fsp3) is 0.412. The molecule has 0 heterocycles. The number of para-hydroxylation sites is 1. The van der Waals surface area contributed by atoms with Crippen molar-refractivity contribution in [3.05, 3.63) is 41.0 Å². The van der Waals surface area contributed by atoms with Crippen molar-refractivity contribution >= 4 is 17.6 Å². The lowest BCUT2D eigenvalue weighted by Gasteiger charge is -2.29. The third-order valence-electron chi connectivity index (χ3n) is 4.32. The van der Waals surface area contributed by atoms with Gasteiger partial charge in [-0.05, 0) is 45.2 Å². The van der Waals surface area contributed by atoms with Crippen LogP contribution in [0, 0.1) is 18.8 Å². The number of carbonyl (C=O) groups excluding carboxylic acids is 1. The van der Waals surface area contributed by atoms with Gasteiger partial charge in [-0.3, -0.25) is 9.59 Å². The number of aliphatic carboxylic acids is 1. The molecule has 0 saturated carbocycles. The van der Waals surface area contributed by atoms with E-state index in [1.807, 2.05) is 45.0 Å². The second-order valence-electron chi connectivity index (χ2n) is 5.82. The van der Waals surface area contributed by atoms with E-state index in [0.29, 0.717) is 12.8 Å². The summed E-state index contributed by atoms with van der Waals surface area (Å²) >= 11 is 0. The van der Waals surface area contributed by atoms with Crippen LogP contribution in [0.5, 0.6) is 0 Å². The minimum atomic E-state index is -0.896. The average Bonchev–Trinajstić information content (AvgIpc) is 2.43. The number of carbonyl (C=O) groups is 2. The van der Waals surface area contributed by atoms with Gasteiger partial charge in [0.15, 0.2) is 0 Å². The van der Waals surface area contributed by atoms with Gasteiger partial charge >= 0.3 is 5.97 Å². The summed E-state index contributed by atoms with van der Waals surface area (Å²) < 4.78 is 0. The average molecular weight is 287 g/mol. The monoisotopic (exact) mass is 287 g/mol. The first-order chi connectivity index (χ1) is 9.90. The van der Waals surface area contributed by atoms with Crippen molar-refractivity contribution in [2.75, 3.05) is 5.32 Å². The molecule has 0 aliphatic heterocycles. The van der Waals surface area contributed by atoms with Gasteiger partial charge in [-0.15, -0.1) is 0 Å². The summed E-state index contributed by atoms with van der Waals surface area (Å²) in [5.41, 5.74) is 3.92. The number of carboxylic acid groups (broad SMARTS) is 1. The fourth-order valence-corrected chi connectivity index (χ4v) is 2.77. The van der Waals surface area contributed by atoms with Gasteiger partial charge in [-0.1, -0.05) is 29.3 Å². The lowest BCUT2D eigenvalue weighted by molar-refractivity contribution is -0.146. The molecule has 0 aromatic heterocycles. The Bertz CT molecular complexity index is 604. The van der Waals surface area contributed by atoms with Crippen LogP contribution in [0.2, 0.25) is 0 Å². The summed E-state index contributed by atoms with van der Waals surface area (Å²) in [6.45, 7) is 5.84. The number of benzene rings is 1. The number of rotatable bonds is 3. The van der Waals surface area contributed by atoms with E-state index in [4.69, 9.17) is 0 Å². The SMILES string of the molecule is CC1=C(C)CC(C(=O)Nc2ccccc2C)C(C(=O)O)C1. The third-order valence-corrected chi connectivity index (χ3v) is 4.32. The summed E-state index contributed by atoms with van der Waals surface area (Å²) in [6.07, 6.45) is 0.966. The van der Waals surface area contributed by atoms with E-state index in [1.54, 1.807) is 0 Å². The Morgan fingerprint density at radius 1 is 1.05 bits per heavy atom. The molecule has 2 rings (SSSR count). The number of carboxylic acids is 1. The molecular formula is C17H21NO3. The smallest absolute Gasteiger partial charge is 0.307 e. The summed E-state index contributed by atoms with van der Waals surface area (Å²) in [6, 6.07) is 7.51. The molecule has 1 aromatic carbocycles. The van der Waals surface area contributed by atoms with Gasteiger partial charge in [0.05, 0.1) is 11.8 Å². The minimum absolute atomic E-state index is 0.205. The van der Waals surface area contributed by atoms with Gasteiger partial charge in [0.2, 0.25) is 5.91 Å². The van der Waals surface area contributed by atoms with Crippen LogP contribution in [0.3, 0.4) is 0 Å². The van der Waals surface area contributed by atoms with Crippen LogP contribution in [0.25, 0.3) is 0 Å². The highest BCUT2D eigenvalue weighted by Crippen LogP contribution is 2.35. The number of aryl methyl sites for hydroxylation is 1. The maximum Gasteiger partial charge on any atom is 0.307 e. The van der Waals surface area contributed by atoms with E-state index >= 15 is 0 Å². The van der Waals surface area contributed by atoms with Gasteiger partial charge in [-0.2, -0.15) is 0 Å². The topological polar surface area (TPSA) is 66.4 Å². The molecule has 0 fully saturated rings. The van der Waals surface area contributed by atoms with Crippen molar-refractivity contribution in [3.63, 3.8) is 0 Å².